The van der Waals surface area contributed by atoms with Crippen LogP contribution in [0.4, 0.5) is 17.6 Å². The molecule has 7 aromatic carbocycles. The molecule has 31 heteroatoms. The summed E-state index contributed by atoms with van der Waals surface area (Å²) >= 11 is 9.72. The molecule has 2 saturated carbocycles. The molecular formula is C88H96ClF4N11O13S2. The highest BCUT2D eigenvalue weighted by Gasteiger charge is 2.34. The molecule has 5 aromatic heterocycles. The predicted octanol–water partition coefficient (Wildman–Crippen LogP) is 18.7. The number of thiophene rings is 1. The second-order valence-electron chi connectivity index (χ2n) is 28.8. The van der Waals surface area contributed by atoms with Gasteiger partial charge in [0.1, 0.15) is 11.6 Å². The summed E-state index contributed by atoms with van der Waals surface area (Å²) in [6.07, 6.45) is 6.08. The number of carbonyl (C=O) groups is 2. The average molecular weight is 1690 g/mol. The number of alkyl halides is 3. The van der Waals surface area contributed by atoms with Crippen molar-refractivity contribution in [2.75, 3.05) is 32.6 Å². The SMILES string of the molecule is CC(C)(C)c1noc(COc2ccc(C(=O)c3ccc(F)cc3)cc2)n1.CCOc1cc(CN(C(=O)CCc2nc(-c3ccsc3)no2)C2CC2)ccc1OC(C)F.CCSC1CCCCC1NCc1nc(-c2ccc(OC(F)F)c(OC)c2)no1.OC(CNC(Cc1ccccc1)c1nc(-c2ccccc2)no1)COCc1ccccc1Cl. The third kappa shape index (κ3) is 27.6. The number of hydrogen-bond donors (Lipinski definition) is 3. The zero-order chi connectivity index (χ0) is 84.1. The second kappa shape index (κ2) is 44.8. The summed E-state index contributed by atoms with van der Waals surface area (Å²) < 4.78 is 104. The van der Waals surface area contributed by atoms with Crippen molar-refractivity contribution in [2.24, 2.45) is 0 Å². The Bertz CT molecular complexity index is 5060. The van der Waals surface area contributed by atoms with Gasteiger partial charge >= 0.3 is 6.61 Å². The molecule has 5 heterocycles. The fourth-order valence-corrected chi connectivity index (χ4v) is 14.5. The molecule has 0 aliphatic heterocycles. The van der Waals surface area contributed by atoms with Crippen molar-refractivity contribution in [3.63, 3.8) is 0 Å². The summed E-state index contributed by atoms with van der Waals surface area (Å²) in [7, 11) is 1.39. The van der Waals surface area contributed by atoms with Crippen molar-refractivity contribution in [3.05, 3.63) is 255 Å². The van der Waals surface area contributed by atoms with E-state index in [0.717, 1.165) is 52.8 Å². The second-order valence-corrected chi connectivity index (χ2v) is 31.5. The van der Waals surface area contributed by atoms with E-state index in [2.05, 4.69) is 62.9 Å². The maximum Gasteiger partial charge on any atom is 0.387 e. The zero-order valence-corrected chi connectivity index (χ0v) is 69.4. The monoisotopic (exact) mass is 1690 g/mol. The van der Waals surface area contributed by atoms with E-state index in [0.29, 0.717) is 149 Å². The highest BCUT2D eigenvalue weighted by atomic mass is 35.5. The fraction of sp³-hybridized carbons (Fsp3) is 0.364. The van der Waals surface area contributed by atoms with E-state index >= 15 is 0 Å². The fourth-order valence-electron chi connectivity index (χ4n) is 12.5. The predicted molar refractivity (Wildman–Crippen MR) is 444 cm³/mol. The Morgan fingerprint density at radius 2 is 1.34 bits per heavy atom. The molecule has 0 bridgehead atoms. The van der Waals surface area contributed by atoms with Crippen molar-refractivity contribution in [3.8, 4) is 62.9 Å². The number of aliphatic hydroxyl groups is 1. The van der Waals surface area contributed by atoms with E-state index in [1.54, 1.807) is 53.8 Å². The summed E-state index contributed by atoms with van der Waals surface area (Å²) in [5.41, 5.74) is 6.06. The first kappa shape index (κ1) is 88.9. The molecule has 2 aliphatic rings. The molecule has 119 heavy (non-hydrogen) atoms. The number of amides is 1. The van der Waals surface area contributed by atoms with Crippen LogP contribution in [0.2, 0.25) is 5.02 Å². The molecule has 24 nitrogen and oxygen atoms in total. The Morgan fingerprint density at radius 1 is 0.672 bits per heavy atom. The summed E-state index contributed by atoms with van der Waals surface area (Å²) in [5.74, 6) is 6.05. The van der Waals surface area contributed by atoms with E-state index in [9.17, 15) is 32.3 Å². The number of aliphatic hydroxyl groups excluding tert-OH is 1. The van der Waals surface area contributed by atoms with Crippen molar-refractivity contribution >= 4 is 46.4 Å². The minimum absolute atomic E-state index is 0.0385. The Balaban J connectivity index is 0.000000156. The number of ketones is 1. The zero-order valence-electron chi connectivity index (χ0n) is 67.0. The van der Waals surface area contributed by atoms with Gasteiger partial charge in [0.25, 0.3) is 5.89 Å². The summed E-state index contributed by atoms with van der Waals surface area (Å²) in [5, 5.41) is 38.6. The number of methoxy groups -OCH3 is 1. The van der Waals surface area contributed by atoms with Gasteiger partial charge in [-0.05, 0) is 158 Å². The lowest BCUT2D eigenvalue weighted by Gasteiger charge is -2.31. The van der Waals surface area contributed by atoms with Crippen LogP contribution in [0.25, 0.3) is 34.2 Å². The molecule has 12 aromatic rings. The van der Waals surface area contributed by atoms with Gasteiger partial charge < -0.3 is 67.2 Å². The first-order valence-corrected chi connectivity index (χ1v) is 41.6. The van der Waals surface area contributed by atoms with Crippen LogP contribution in [0.5, 0.6) is 28.7 Å². The number of hydrogen-bond acceptors (Lipinski definition) is 25. The van der Waals surface area contributed by atoms with Gasteiger partial charge in [-0.2, -0.15) is 51.8 Å². The molecule has 14 rings (SSSR count). The van der Waals surface area contributed by atoms with Gasteiger partial charge in [0.15, 0.2) is 41.2 Å². The molecule has 3 N–H and O–H groups in total. The van der Waals surface area contributed by atoms with Gasteiger partial charge in [-0.15, -0.1) is 0 Å². The van der Waals surface area contributed by atoms with E-state index < -0.39 is 19.1 Å². The molecule has 628 valence electrons. The number of nitrogens with zero attached hydrogens (tertiary/aromatic N) is 9. The number of halogens is 5. The number of thioether (sulfide) groups is 1. The lowest BCUT2D eigenvalue weighted by atomic mass is 9.95. The van der Waals surface area contributed by atoms with Gasteiger partial charge in [0.2, 0.25) is 47.4 Å². The molecule has 2 fully saturated rings. The molecule has 5 unspecified atom stereocenters. The van der Waals surface area contributed by atoms with Gasteiger partial charge in [-0.3, -0.25) is 9.59 Å². The number of aryl methyl sites for hydroxylation is 1. The largest absolute Gasteiger partial charge is 0.493 e. The minimum Gasteiger partial charge on any atom is -0.493 e. The minimum atomic E-state index is -2.92. The number of aromatic nitrogens is 8. The number of carbonyl (C=O) groups excluding carboxylic acids is 2. The van der Waals surface area contributed by atoms with Crippen molar-refractivity contribution in [2.45, 2.75) is 173 Å². The third-order valence-electron chi connectivity index (χ3n) is 18.7. The molecule has 2 aliphatic carbocycles. The molecule has 0 saturated heterocycles. The number of benzene rings is 7. The molecule has 5 atom stereocenters. The van der Waals surface area contributed by atoms with Crippen LogP contribution in [0.3, 0.4) is 0 Å². The summed E-state index contributed by atoms with van der Waals surface area (Å²) in [4.78, 5) is 44.9. The van der Waals surface area contributed by atoms with E-state index in [1.807, 2.05) is 158 Å². The lowest BCUT2D eigenvalue weighted by molar-refractivity contribution is -0.132. The maximum absolute atomic E-state index is 13.3. The Morgan fingerprint density at radius 3 is 2.02 bits per heavy atom. The first-order chi connectivity index (χ1) is 57.6. The van der Waals surface area contributed by atoms with E-state index in [4.69, 9.17) is 53.4 Å². The van der Waals surface area contributed by atoms with E-state index in [-0.39, 0.29) is 59.7 Å². The van der Waals surface area contributed by atoms with Crippen LogP contribution in [0.1, 0.15) is 155 Å². The first-order valence-electron chi connectivity index (χ1n) is 39.2. The highest BCUT2D eigenvalue weighted by molar-refractivity contribution is 7.99. The molecule has 1 amide bonds. The summed E-state index contributed by atoms with van der Waals surface area (Å²) in [6.45, 7) is 10.8. The summed E-state index contributed by atoms with van der Waals surface area (Å²) in [6, 6.07) is 51.7. The van der Waals surface area contributed by atoms with Crippen LogP contribution in [-0.4, -0.2) is 131 Å². The quantitative estimate of drug-likeness (QED) is 0.0243. The topological polar surface area (TPSA) is 293 Å². The Labute approximate surface area is 701 Å². The van der Waals surface area contributed by atoms with Crippen LogP contribution < -0.4 is 34.3 Å². The van der Waals surface area contributed by atoms with Gasteiger partial charge in [0.05, 0.1) is 45.6 Å². The van der Waals surface area contributed by atoms with Crippen molar-refractivity contribution < 1.29 is 78.8 Å². The Kier molecular flexibility index (Phi) is 33.5. The number of rotatable bonds is 36. The smallest absolute Gasteiger partial charge is 0.387 e. The normalized spacial score (nSPS) is 14.6. The maximum atomic E-state index is 13.3. The van der Waals surface area contributed by atoms with Gasteiger partial charge in [0, 0.05) is 93.8 Å². The van der Waals surface area contributed by atoms with Crippen molar-refractivity contribution in [1.29, 1.82) is 0 Å². The number of nitrogens with one attached hydrogen (secondary N) is 2. The van der Waals surface area contributed by atoms with E-state index in [1.165, 1.54) is 63.6 Å². The van der Waals surface area contributed by atoms with Crippen LogP contribution in [0, 0.1) is 5.82 Å². The third-order valence-corrected chi connectivity index (χ3v) is 21.0. The van der Waals surface area contributed by atoms with Crippen LogP contribution >= 0.6 is 34.7 Å². The Hall–Kier alpha value is -10.9. The number of ether oxygens (including phenoxy) is 6. The molecule has 0 spiro atoms. The lowest BCUT2D eigenvalue weighted by Crippen LogP contribution is -2.40. The van der Waals surface area contributed by atoms with Gasteiger partial charge in [-0.1, -0.05) is 158 Å². The van der Waals surface area contributed by atoms with Crippen molar-refractivity contribution in [1.82, 2.24) is 56.1 Å². The average Bonchev–Trinajstić information content (AvgIpc) is 1.73. The molecular weight excluding hydrogens is 1590 g/mol. The van der Waals surface area contributed by atoms with Gasteiger partial charge in [-0.25, -0.2) is 8.78 Å². The van der Waals surface area contributed by atoms with Crippen LogP contribution in [-0.2, 0) is 54.1 Å². The molecule has 0 radical (unpaired) electrons. The van der Waals surface area contributed by atoms with Crippen LogP contribution in [0.15, 0.2) is 205 Å². The standard InChI is InChI=1S/C26H26ClN3O3.C23H26FN3O4S.C20H19FN2O3.C19H25F2N3O3S/c27-23-14-8-7-13-21(23)17-32-18-22(31)16-28-24(15-19-9-3-1-4-10-19)26-29-25(30-33-26)20-11-5-2-6-12-20;1-3-29-20-12-16(4-7-19(20)30-15(2)24)13-27(18-5-6-18)22(28)9-8-21-25-23(26-31-21)17-10-11-32-14-17;1-20(2,3)19-22-17(26-23-19)12-25-16-10-6-14(7-11-16)18(24)13-4-8-15(21)9-5-13;1-3-28-16-7-5-4-6-13(16)22-11-17-23-18(24-27-17)12-8-9-14(26-19(20)21)15(10-12)25-2/h1-14,22,24,28,31H,15-18H2;4,7,10-12,14-15,18H,3,5-6,8-9,13H2,1-2H3;4-11H,12H2,1-3H3;8-10,13,16,19,22H,3-7,11H2,1-2H3. The highest BCUT2D eigenvalue weighted by Crippen LogP contribution is 2.37.